The van der Waals surface area contributed by atoms with Gasteiger partial charge in [0.05, 0.1) is 13.7 Å². The van der Waals surface area contributed by atoms with E-state index in [-0.39, 0.29) is 5.91 Å². The van der Waals surface area contributed by atoms with Crippen molar-refractivity contribution in [2.24, 2.45) is 5.92 Å². The largest absolute Gasteiger partial charge is 0.467 e. The smallest absolute Gasteiger partial charge is 0.328 e. The Morgan fingerprint density at radius 3 is 2.50 bits per heavy atom. The lowest BCUT2D eigenvalue weighted by molar-refractivity contribution is -0.142. The number of hydrogen-bond acceptors (Lipinski definition) is 6. The van der Waals surface area contributed by atoms with Crippen LogP contribution >= 0.6 is 11.8 Å². The Labute approximate surface area is 232 Å². The lowest BCUT2D eigenvalue weighted by Crippen LogP contribution is -2.42. The fourth-order valence-electron chi connectivity index (χ4n) is 5.36. The molecule has 38 heavy (non-hydrogen) atoms. The molecule has 2 atom stereocenters. The number of carbonyl (C=O) groups excluding carboxylic acids is 2. The Hall–Kier alpha value is -2.35. The summed E-state index contributed by atoms with van der Waals surface area (Å²) in [7, 11) is 3.12. The molecule has 2 N–H and O–H groups in total. The third-order valence-corrected chi connectivity index (χ3v) is 8.11. The summed E-state index contributed by atoms with van der Waals surface area (Å²) in [5.74, 6) is 0.819. The van der Waals surface area contributed by atoms with Crippen molar-refractivity contribution < 1.29 is 19.1 Å². The molecule has 0 saturated heterocycles. The minimum absolute atomic E-state index is 0.270. The van der Waals surface area contributed by atoms with E-state index in [1.165, 1.54) is 39.2 Å². The molecule has 0 radical (unpaired) electrons. The van der Waals surface area contributed by atoms with Gasteiger partial charge in [-0.2, -0.15) is 11.8 Å². The molecule has 2 aromatic carbocycles. The second-order valence-electron chi connectivity index (χ2n) is 10.3. The summed E-state index contributed by atoms with van der Waals surface area (Å²) in [6.45, 7) is 3.43. The maximum absolute atomic E-state index is 13.5. The van der Waals surface area contributed by atoms with Crippen molar-refractivity contribution >= 4 is 23.6 Å². The third-order valence-electron chi connectivity index (χ3n) is 7.47. The fourth-order valence-corrected chi connectivity index (χ4v) is 5.83. The first-order valence-electron chi connectivity index (χ1n) is 13.8. The molecule has 1 aliphatic carbocycles. The summed E-state index contributed by atoms with van der Waals surface area (Å²) in [5.41, 5.74) is 4.62. The second kappa shape index (κ2) is 15.9. The van der Waals surface area contributed by atoms with Gasteiger partial charge >= 0.3 is 5.97 Å². The molecule has 1 amide bonds. The molecular formula is C31H44N2O4S. The highest BCUT2D eigenvalue weighted by atomic mass is 32.2. The van der Waals surface area contributed by atoms with Crippen LogP contribution in [0, 0.1) is 12.8 Å². The SMILES string of the molecule is COCC(CC1CCCCC1)NCc1ccc(C(=O)N[C@@H](CCSC)C(=O)OC)c(-c2ccccc2C)c1. The number of carbonyl (C=O) groups is 2. The fraction of sp³-hybridized carbons (Fsp3) is 0.548. The molecule has 0 heterocycles. The maximum Gasteiger partial charge on any atom is 0.328 e. The predicted molar refractivity (Wildman–Crippen MR) is 157 cm³/mol. The molecule has 0 bridgehead atoms. The van der Waals surface area contributed by atoms with Gasteiger partial charge in [0.25, 0.3) is 5.91 Å². The molecule has 6 nitrogen and oxygen atoms in total. The first-order chi connectivity index (χ1) is 18.5. The number of methoxy groups -OCH3 is 2. The van der Waals surface area contributed by atoms with Gasteiger partial charge in [-0.25, -0.2) is 4.79 Å². The normalized spacial score (nSPS) is 15.6. The zero-order valence-corrected chi connectivity index (χ0v) is 24.2. The van der Waals surface area contributed by atoms with E-state index in [1.54, 1.807) is 18.9 Å². The molecule has 1 saturated carbocycles. The number of nitrogens with one attached hydrogen (secondary N) is 2. The lowest BCUT2D eigenvalue weighted by Gasteiger charge is -2.27. The van der Waals surface area contributed by atoms with Gasteiger partial charge in [-0.1, -0.05) is 62.4 Å². The van der Waals surface area contributed by atoms with Gasteiger partial charge in [0, 0.05) is 25.3 Å². The molecule has 0 aliphatic heterocycles. The van der Waals surface area contributed by atoms with E-state index in [2.05, 4.69) is 29.7 Å². The average Bonchev–Trinajstić information content (AvgIpc) is 2.94. The van der Waals surface area contributed by atoms with Crippen LogP contribution in [0.5, 0.6) is 0 Å². The van der Waals surface area contributed by atoms with Crippen LogP contribution in [0.25, 0.3) is 11.1 Å². The standard InChI is InChI=1S/C31H44N2O4S/c1-22-10-8-9-13-26(22)28-19-24(20-32-25(21-36-2)18-23-11-6-5-7-12-23)14-15-27(28)30(34)33-29(16-17-38-4)31(35)37-3/h8-10,13-15,19,23,25,29,32H,5-7,11-12,16-18,20-21H2,1-4H3,(H,33,34)/t25?,29-/m0/s1. The van der Waals surface area contributed by atoms with Gasteiger partial charge < -0.3 is 20.1 Å². The summed E-state index contributed by atoms with van der Waals surface area (Å²) in [5, 5.41) is 6.64. The molecule has 1 unspecified atom stereocenters. The van der Waals surface area contributed by atoms with Crippen LogP contribution < -0.4 is 10.6 Å². The zero-order valence-electron chi connectivity index (χ0n) is 23.4. The van der Waals surface area contributed by atoms with Crippen LogP contribution in [0.4, 0.5) is 0 Å². The van der Waals surface area contributed by atoms with E-state index in [9.17, 15) is 9.59 Å². The Morgan fingerprint density at radius 1 is 1.05 bits per heavy atom. The van der Waals surface area contributed by atoms with E-state index in [4.69, 9.17) is 9.47 Å². The van der Waals surface area contributed by atoms with Gasteiger partial charge in [0.1, 0.15) is 6.04 Å². The van der Waals surface area contributed by atoms with Gasteiger partial charge in [-0.15, -0.1) is 0 Å². The number of esters is 1. The monoisotopic (exact) mass is 540 g/mol. The minimum Gasteiger partial charge on any atom is -0.467 e. The van der Waals surface area contributed by atoms with Crippen molar-refractivity contribution in [2.45, 2.75) is 70.5 Å². The lowest BCUT2D eigenvalue weighted by atomic mass is 9.85. The maximum atomic E-state index is 13.5. The van der Waals surface area contributed by atoms with Crippen molar-refractivity contribution in [2.75, 3.05) is 32.8 Å². The Kier molecular flexibility index (Phi) is 12.6. The molecule has 1 fully saturated rings. The Balaban J connectivity index is 1.82. The summed E-state index contributed by atoms with van der Waals surface area (Å²) >= 11 is 1.63. The number of rotatable bonds is 14. The van der Waals surface area contributed by atoms with Crippen LogP contribution in [0.2, 0.25) is 0 Å². The van der Waals surface area contributed by atoms with E-state index in [0.717, 1.165) is 40.3 Å². The van der Waals surface area contributed by atoms with E-state index in [0.29, 0.717) is 31.2 Å². The van der Waals surface area contributed by atoms with Crippen molar-refractivity contribution in [3.63, 3.8) is 0 Å². The van der Waals surface area contributed by atoms with Crippen molar-refractivity contribution in [1.29, 1.82) is 0 Å². The number of benzene rings is 2. The molecule has 1 aliphatic rings. The van der Waals surface area contributed by atoms with Gasteiger partial charge in [-0.3, -0.25) is 4.79 Å². The van der Waals surface area contributed by atoms with Crippen LogP contribution in [-0.4, -0.2) is 56.8 Å². The third kappa shape index (κ3) is 8.85. The molecule has 2 aromatic rings. The molecule has 3 rings (SSSR count). The van der Waals surface area contributed by atoms with Crippen molar-refractivity contribution in [3.8, 4) is 11.1 Å². The highest BCUT2D eigenvalue weighted by molar-refractivity contribution is 7.98. The topological polar surface area (TPSA) is 76.7 Å². The number of thioether (sulfide) groups is 1. The quantitative estimate of drug-likeness (QED) is 0.297. The Morgan fingerprint density at radius 2 is 1.82 bits per heavy atom. The molecule has 7 heteroatoms. The number of hydrogen-bond donors (Lipinski definition) is 2. The number of ether oxygens (including phenoxy) is 2. The number of amides is 1. The van der Waals surface area contributed by atoms with Gasteiger partial charge in [-0.05, 0) is 72.1 Å². The molecular weight excluding hydrogens is 496 g/mol. The summed E-state index contributed by atoms with van der Waals surface area (Å²) in [4.78, 5) is 25.8. The first-order valence-corrected chi connectivity index (χ1v) is 15.1. The summed E-state index contributed by atoms with van der Waals surface area (Å²) < 4.78 is 10.5. The highest BCUT2D eigenvalue weighted by Crippen LogP contribution is 2.30. The summed E-state index contributed by atoms with van der Waals surface area (Å²) in [6, 6.07) is 13.7. The van der Waals surface area contributed by atoms with E-state index in [1.807, 2.05) is 36.6 Å². The summed E-state index contributed by atoms with van der Waals surface area (Å²) in [6.07, 6.45) is 10.3. The number of aryl methyl sites for hydroxylation is 1. The van der Waals surface area contributed by atoms with E-state index < -0.39 is 12.0 Å². The molecule has 208 valence electrons. The van der Waals surface area contributed by atoms with Crippen LogP contribution in [-0.2, 0) is 20.8 Å². The molecule has 0 spiro atoms. The Bertz CT molecular complexity index is 1040. The van der Waals surface area contributed by atoms with Crippen LogP contribution in [0.15, 0.2) is 42.5 Å². The average molecular weight is 541 g/mol. The predicted octanol–water partition coefficient (Wildman–Crippen LogP) is 5.76. The highest BCUT2D eigenvalue weighted by Gasteiger charge is 2.24. The van der Waals surface area contributed by atoms with Gasteiger partial charge in [0.15, 0.2) is 0 Å². The first kappa shape index (κ1) is 30.2. The zero-order chi connectivity index (χ0) is 27.3. The van der Waals surface area contributed by atoms with Crippen molar-refractivity contribution in [1.82, 2.24) is 10.6 Å². The minimum atomic E-state index is -0.680. The second-order valence-corrected chi connectivity index (χ2v) is 11.3. The molecule has 0 aromatic heterocycles. The van der Waals surface area contributed by atoms with Crippen LogP contribution in [0.3, 0.4) is 0 Å². The van der Waals surface area contributed by atoms with E-state index >= 15 is 0 Å². The van der Waals surface area contributed by atoms with Gasteiger partial charge in [0.2, 0.25) is 0 Å². The van der Waals surface area contributed by atoms with Crippen molar-refractivity contribution in [3.05, 3.63) is 59.2 Å². The van der Waals surface area contributed by atoms with Crippen LogP contribution in [0.1, 0.15) is 66.4 Å².